The number of rotatable bonds is 8. The van der Waals surface area contributed by atoms with Gasteiger partial charge in [-0.25, -0.2) is 9.89 Å². The summed E-state index contributed by atoms with van der Waals surface area (Å²) in [7, 11) is 0. The highest BCUT2D eigenvalue weighted by Gasteiger charge is 2.17. The minimum atomic E-state index is 0.0619. The van der Waals surface area contributed by atoms with Crippen LogP contribution < -0.4 is 5.69 Å². The average Bonchev–Trinajstić information content (AvgIpc) is 3.40. The molecule has 8 heteroatoms. The predicted molar refractivity (Wildman–Crippen MR) is 124 cm³/mol. The van der Waals surface area contributed by atoms with E-state index in [4.69, 9.17) is 4.98 Å². The van der Waals surface area contributed by atoms with Gasteiger partial charge in [0.05, 0.1) is 12.2 Å². The Labute approximate surface area is 187 Å². The summed E-state index contributed by atoms with van der Waals surface area (Å²) in [5, 5.41) is 14.2. The van der Waals surface area contributed by atoms with Crippen LogP contribution in [0, 0.1) is 12.8 Å². The van der Waals surface area contributed by atoms with Gasteiger partial charge in [-0.15, -0.1) is 5.10 Å². The van der Waals surface area contributed by atoms with E-state index in [9.17, 15) is 4.79 Å². The Morgan fingerprint density at radius 2 is 1.84 bits per heavy atom. The number of aromatic amines is 1. The lowest BCUT2D eigenvalue weighted by molar-refractivity contribution is 0.497. The number of imidazole rings is 1. The van der Waals surface area contributed by atoms with E-state index >= 15 is 0 Å². The number of benzene rings is 1. The molecule has 3 aromatic heterocycles. The largest absolute Gasteiger partial charge is 0.328 e. The van der Waals surface area contributed by atoms with E-state index in [0.29, 0.717) is 18.3 Å². The molecule has 8 nitrogen and oxygen atoms in total. The summed E-state index contributed by atoms with van der Waals surface area (Å²) in [4.78, 5) is 17.9. The highest BCUT2D eigenvalue weighted by atomic mass is 16.1. The minimum absolute atomic E-state index is 0.0619. The molecule has 4 aromatic rings. The molecule has 1 aromatic carbocycles. The zero-order chi connectivity index (χ0) is 22.7. The van der Waals surface area contributed by atoms with Gasteiger partial charge >= 0.3 is 5.69 Å². The monoisotopic (exact) mass is 431 g/mol. The fourth-order valence-corrected chi connectivity index (χ4v) is 4.10. The Morgan fingerprint density at radius 1 is 1.06 bits per heavy atom. The molecule has 0 saturated carbocycles. The van der Waals surface area contributed by atoms with Gasteiger partial charge < -0.3 is 0 Å². The second kappa shape index (κ2) is 9.30. The Balaban J connectivity index is 1.66. The van der Waals surface area contributed by atoms with E-state index in [0.717, 1.165) is 53.2 Å². The molecule has 0 atom stereocenters. The van der Waals surface area contributed by atoms with Crippen molar-refractivity contribution in [1.82, 2.24) is 34.7 Å². The van der Waals surface area contributed by atoms with E-state index in [2.05, 4.69) is 48.3 Å². The summed E-state index contributed by atoms with van der Waals surface area (Å²) in [5.41, 5.74) is 5.91. The van der Waals surface area contributed by atoms with Crippen LogP contribution in [0.3, 0.4) is 0 Å². The number of aromatic nitrogens is 7. The molecule has 0 aliphatic rings. The number of pyridine rings is 1. The van der Waals surface area contributed by atoms with Crippen LogP contribution in [0.15, 0.2) is 47.4 Å². The van der Waals surface area contributed by atoms with Crippen LogP contribution in [0.4, 0.5) is 0 Å². The number of tetrazole rings is 1. The molecule has 0 bridgehead atoms. The molecule has 0 fully saturated rings. The van der Waals surface area contributed by atoms with E-state index in [1.807, 2.05) is 51.7 Å². The summed E-state index contributed by atoms with van der Waals surface area (Å²) in [5.74, 6) is 1.02. The van der Waals surface area contributed by atoms with Crippen molar-refractivity contribution in [3.63, 3.8) is 0 Å². The lowest BCUT2D eigenvalue weighted by Crippen LogP contribution is -2.27. The van der Waals surface area contributed by atoms with Crippen molar-refractivity contribution in [1.29, 1.82) is 0 Å². The number of H-pyrrole nitrogens is 1. The molecular formula is C24H29N7O. The third-order valence-corrected chi connectivity index (χ3v) is 5.61. The standard InChI is InChI=1S/C24H29N7O/c1-5-8-22-17(4)30(14-16(2)3)24(32)31(22)15-18-11-12-21(25-13-18)19-9-6-7-10-20(19)23-26-28-29-27-23/h6-7,9-13,16H,5,8,14-15H2,1-4H3,(H,26,27,28,29). The first-order valence-electron chi connectivity index (χ1n) is 11.1. The molecule has 3 heterocycles. The number of hydrogen-bond acceptors (Lipinski definition) is 5. The van der Waals surface area contributed by atoms with Crippen LogP contribution in [0.5, 0.6) is 0 Å². The SMILES string of the molecule is CCCc1c(C)n(CC(C)C)c(=O)n1Cc1ccc(-c2ccccc2-c2nnn[nH]2)nc1. The van der Waals surface area contributed by atoms with E-state index in [1.54, 1.807) is 0 Å². The molecular weight excluding hydrogens is 402 g/mol. The maximum absolute atomic E-state index is 13.2. The van der Waals surface area contributed by atoms with Crippen LogP contribution in [0.1, 0.15) is 44.1 Å². The topological polar surface area (TPSA) is 94.3 Å². The van der Waals surface area contributed by atoms with Crippen molar-refractivity contribution in [2.24, 2.45) is 5.92 Å². The van der Waals surface area contributed by atoms with Crippen molar-refractivity contribution in [2.75, 3.05) is 0 Å². The van der Waals surface area contributed by atoms with Gasteiger partial charge in [0.15, 0.2) is 5.82 Å². The van der Waals surface area contributed by atoms with E-state index in [-0.39, 0.29) is 5.69 Å². The molecule has 0 aliphatic heterocycles. The van der Waals surface area contributed by atoms with Gasteiger partial charge in [-0.3, -0.25) is 14.1 Å². The van der Waals surface area contributed by atoms with Gasteiger partial charge in [0.1, 0.15) is 0 Å². The van der Waals surface area contributed by atoms with E-state index in [1.165, 1.54) is 0 Å². The quantitative estimate of drug-likeness (QED) is 0.457. The van der Waals surface area contributed by atoms with Crippen LogP contribution in [-0.2, 0) is 19.5 Å². The normalized spacial score (nSPS) is 11.4. The zero-order valence-electron chi connectivity index (χ0n) is 19.0. The van der Waals surface area contributed by atoms with Crippen LogP contribution in [-0.4, -0.2) is 34.7 Å². The molecule has 0 unspecified atom stereocenters. The van der Waals surface area contributed by atoms with Crippen molar-refractivity contribution >= 4 is 0 Å². The smallest absolute Gasteiger partial charge is 0.296 e. The summed E-state index contributed by atoms with van der Waals surface area (Å²) < 4.78 is 3.82. The van der Waals surface area contributed by atoms with Crippen LogP contribution in [0.2, 0.25) is 0 Å². The molecule has 0 amide bonds. The first-order chi connectivity index (χ1) is 15.5. The third kappa shape index (κ3) is 4.26. The average molecular weight is 432 g/mol. The second-order valence-corrected chi connectivity index (χ2v) is 8.50. The first kappa shape index (κ1) is 21.7. The molecule has 0 spiro atoms. The van der Waals surface area contributed by atoms with Gasteiger partial charge in [-0.2, -0.15) is 0 Å². The highest BCUT2D eigenvalue weighted by molar-refractivity contribution is 5.78. The predicted octanol–water partition coefficient (Wildman–Crippen LogP) is 3.86. The van der Waals surface area contributed by atoms with Gasteiger partial charge in [0, 0.05) is 35.3 Å². The molecule has 0 saturated heterocycles. The van der Waals surface area contributed by atoms with Gasteiger partial charge in [-0.05, 0) is 41.3 Å². The Morgan fingerprint density at radius 3 is 2.47 bits per heavy atom. The summed E-state index contributed by atoms with van der Waals surface area (Å²) in [6.45, 7) is 9.73. The van der Waals surface area contributed by atoms with E-state index < -0.39 is 0 Å². The van der Waals surface area contributed by atoms with Gasteiger partial charge in [0.2, 0.25) is 0 Å². The zero-order valence-corrected chi connectivity index (χ0v) is 19.0. The van der Waals surface area contributed by atoms with Crippen LogP contribution in [0.25, 0.3) is 22.6 Å². The number of hydrogen-bond donors (Lipinski definition) is 1. The fourth-order valence-electron chi connectivity index (χ4n) is 4.10. The highest BCUT2D eigenvalue weighted by Crippen LogP contribution is 2.28. The summed E-state index contributed by atoms with van der Waals surface area (Å²) >= 11 is 0. The van der Waals surface area contributed by atoms with Crippen LogP contribution >= 0.6 is 0 Å². The van der Waals surface area contributed by atoms with Gasteiger partial charge in [0.25, 0.3) is 0 Å². The fraction of sp³-hybridized carbons (Fsp3) is 0.375. The minimum Gasteiger partial charge on any atom is -0.296 e. The Hall–Kier alpha value is -3.55. The lowest BCUT2D eigenvalue weighted by Gasteiger charge is -2.09. The molecule has 0 aliphatic carbocycles. The van der Waals surface area contributed by atoms with Crippen molar-refractivity contribution in [3.05, 3.63) is 70.0 Å². The Kier molecular flexibility index (Phi) is 6.30. The molecule has 4 rings (SSSR count). The number of nitrogens with zero attached hydrogens (tertiary/aromatic N) is 6. The lowest BCUT2D eigenvalue weighted by atomic mass is 10.0. The second-order valence-electron chi connectivity index (χ2n) is 8.50. The maximum atomic E-state index is 13.2. The third-order valence-electron chi connectivity index (χ3n) is 5.61. The van der Waals surface area contributed by atoms with Crippen molar-refractivity contribution in [3.8, 4) is 22.6 Å². The molecule has 166 valence electrons. The summed E-state index contributed by atoms with van der Waals surface area (Å²) in [6, 6.07) is 11.9. The van der Waals surface area contributed by atoms with Crippen molar-refractivity contribution < 1.29 is 0 Å². The molecule has 1 N–H and O–H groups in total. The summed E-state index contributed by atoms with van der Waals surface area (Å²) in [6.07, 6.45) is 3.73. The first-order valence-corrected chi connectivity index (χ1v) is 11.1. The molecule has 32 heavy (non-hydrogen) atoms. The number of nitrogens with one attached hydrogen (secondary N) is 1. The Bertz CT molecular complexity index is 1230. The maximum Gasteiger partial charge on any atom is 0.328 e. The van der Waals surface area contributed by atoms with Crippen molar-refractivity contribution in [2.45, 2.75) is 53.6 Å². The molecule has 0 radical (unpaired) electrons. The van der Waals surface area contributed by atoms with Gasteiger partial charge in [-0.1, -0.05) is 57.5 Å².